The highest BCUT2D eigenvalue weighted by atomic mass is 16.6. The molecular formula is C22H23N5O3. The third kappa shape index (κ3) is 3.84. The summed E-state index contributed by atoms with van der Waals surface area (Å²) in [5.74, 6) is 0.0726. The highest BCUT2D eigenvalue weighted by molar-refractivity contribution is 5.83. The lowest BCUT2D eigenvalue weighted by Gasteiger charge is -2.45. The third-order valence-electron chi connectivity index (χ3n) is 5.98. The minimum absolute atomic E-state index is 0.0663. The third-order valence-corrected chi connectivity index (χ3v) is 5.98. The van der Waals surface area contributed by atoms with Crippen LogP contribution in [0.15, 0.2) is 42.5 Å². The second-order valence-corrected chi connectivity index (χ2v) is 7.81. The van der Waals surface area contributed by atoms with E-state index in [4.69, 9.17) is 5.26 Å². The van der Waals surface area contributed by atoms with Gasteiger partial charge in [0.25, 0.3) is 5.69 Å². The lowest BCUT2D eigenvalue weighted by atomic mass is 9.98. The maximum absolute atomic E-state index is 13.0. The summed E-state index contributed by atoms with van der Waals surface area (Å²) in [5.41, 5.74) is 3.86. The number of nitriles is 1. The van der Waals surface area contributed by atoms with Crippen LogP contribution in [0.1, 0.15) is 11.1 Å². The Kier molecular flexibility index (Phi) is 5.38. The van der Waals surface area contributed by atoms with Crippen LogP contribution in [0.25, 0.3) is 11.1 Å². The molecule has 2 aliphatic heterocycles. The number of benzene rings is 2. The quantitative estimate of drug-likeness (QED) is 0.440. The van der Waals surface area contributed by atoms with Crippen LogP contribution in [0.3, 0.4) is 0 Å². The maximum Gasteiger partial charge on any atom is 0.270 e. The Hall–Kier alpha value is -3.44. The molecule has 154 valence electrons. The highest BCUT2D eigenvalue weighted by Crippen LogP contribution is 2.27. The lowest BCUT2D eigenvalue weighted by molar-refractivity contribution is -0.384. The molecule has 0 unspecified atom stereocenters. The number of hydrogen-bond acceptors (Lipinski definition) is 6. The number of aryl methyl sites for hydroxylation is 1. The largest absolute Gasteiger partial charge is 0.336 e. The van der Waals surface area contributed by atoms with Gasteiger partial charge < -0.3 is 9.80 Å². The van der Waals surface area contributed by atoms with Crippen molar-refractivity contribution in [3.8, 4) is 17.3 Å². The van der Waals surface area contributed by atoms with Crippen molar-refractivity contribution in [2.45, 2.75) is 19.5 Å². The van der Waals surface area contributed by atoms with Gasteiger partial charge in [0.1, 0.15) is 6.04 Å². The van der Waals surface area contributed by atoms with E-state index in [0.29, 0.717) is 26.2 Å². The summed E-state index contributed by atoms with van der Waals surface area (Å²) in [7, 11) is 0. The van der Waals surface area contributed by atoms with Crippen LogP contribution in [0.2, 0.25) is 0 Å². The van der Waals surface area contributed by atoms with E-state index in [-0.39, 0.29) is 17.6 Å². The molecule has 4 rings (SSSR count). The SMILES string of the molecule is Cc1cc(-c2cccc([N+](=O)[O-])c2)ccc1CN1CCN2CCN(C#N)C[C@@H]2C1=O. The number of fused-ring (bicyclic) bond motifs is 1. The van der Waals surface area contributed by atoms with Gasteiger partial charge in [-0.3, -0.25) is 19.8 Å². The van der Waals surface area contributed by atoms with E-state index < -0.39 is 4.92 Å². The average Bonchev–Trinajstić information content (AvgIpc) is 2.76. The maximum atomic E-state index is 13.0. The van der Waals surface area contributed by atoms with E-state index in [0.717, 1.165) is 35.3 Å². The Morgan fingerprint density at radius 2 is 1.90 bits per heavy atom. The van der Waals surface area contributed by atoms with Crippen molar-refractivity contribution in [3.63, 3.8) is 0 Å². The summed E-state index contributed by atoms with van der Waals surface area (Å²) in [4.78, 5) is 29.4. The monoisotopic (exact) mass is 405 g/mol. The number of nitro benzene ring substituents is 1. The molecule has 0 aromatic heterocycles. The predicted octanol–water partition coefficient (Wildman–Crippen LogP) is 2.38. The fourth-order valence-electron chi connectivity index (χ4n) is 4.20. The number of non-ortho nitro benzene ring substituents is 1. The molecule has 0 N–H and O–H groups in total. The minimum Gasteiger partial charge on any atom is -0.336 e. The molecule has 1 atom stereocenters. The van der Waals surface area contributed by atoms with E-state index >= 15 is 0 Å². The molecule has 2 aliphatic rings. The molecule has 1 amide bonds. The van der Waals surface area contributed by atoms with Crippen molar-refractivity contribution in [1.29, 1.82) is 5.26 Å². The second kappa shape index (κ2) is 8.13. The molecule has 2 aromatic rings. The van der Waals surface area contributed by atoms with Crippen LogP contribution in [-0.4, -0.2) is 64.3 Å². The van der Waals surface area contributed by atoms with E-state index in [2.05, 4.69) is 11.1 Å². The molecule has 0 saturated carbocycles. The van der Waals surface area contributed by atoms with Gasteiger partial charge >= 0.3 is 0 Å². The Bertz CT molecular complexity index is 1030. The van der Waals surface area contributed by atoms with Gasteiger partial charge in [-0.25, -0.2) is 0 Å². The number of piperazine rings is 2. The van der Waals surface area contributed by atoms with Crippen molar-refractivity contribution in [2.75, 3.05) is 32.7 Å². The predicted molar refractivity (Wildman–Crippen MR) is 111 cm³/mol. The number of nitro groups is 1. The van der Waals surface area contributed by atoms with Gasteiger partial charge in [0.15, 0.2) is 6.19 Å². The number of nitrogens with zero attached hydrogens (tertiary/aromatic N) is 5. The Morgan fingerprint density at radius 3 is 2.63 bits per heavy atom. The molecule has 2 aromatic carbocycles. The fraction of sp³-hybridized carbons (Fsp3) is 0.364. The Balaban J connectivity index is 1.50. The molecular weight excluding hydrogens is 382 g/mol. The van der Waals surface area contributed by atoms with Crippen molar-refractivity contribution >= 4 is 11.6 Å². The summed E-state index contributed by atoms with van der Waals surface area (Å²) < 4.78 is 0. The zero-order chi connectivity index (χ0) is 21.3. The first-order valence-electron chi connectivity index (χ1n) is 9.98. The number of hydrogen-bond donors (Lipinski definition) is 0. The van der Waals surface area contributed by atoms with Crippen molar-refractivity contribution in [3.05, 3.63) is 63.7 Å². The van der Waals surface area contributed by atoms with Crippen LogP contribution in [-0.2, 0) is 11.3 Å². The van der Waals surface area contributed by atoms with E-state index in [1.165, 1.54) is 6.07 Å². The lowest BCUT2D eigenvalue weighted by Crippen LogP contribution is -2.63. The van der Waals surface area contributed by atoms with E-state index in [1.807, 2.05) is 36.1 Å². The smallest absolute Gasteiger partial charge is 0.270 e. The zero-order valence-corrected chi connectivity index (χ0v) is 16.8. The summed E-state index contributed by atoms with van der Waals surface area (Å²) >= 11 is 0. The molecule has 8 nitrogen and oxygen atoms in total. The van der Waals surface area contributed by atoms with Gasteiger partial charge in [-0.05, 0) is 29.2 Å². The van der Waals surface area contributed by atoms with Gasteiger partial charge in [-0.15, -0.1) is 0 Å². The summed E-state index contributed by atoms with van der Waals surface area (Å²) in [5, 5.41) is 20.2. The summed E-state index contributed by atoms with van der Waals surface area (Å²) in [6.07, 6.45) is 2.16. The van der Waals surface area contributed by atoms with Gasteiger partial charge in [0, 0.05) is 44.9 Å². The normalized spacial score (nSPS) is 19.3. The van der Waals surface area contributed by atoms with Gasteiger partial charge in [0.05, 0.1) is 11.5 Å². The first-order chi connectivity index (χ1) is 14.5. The molecule has 0 radical (unpaired) electrons. The molecule has 0 aliphatic carbocycles. The highest BCUT2D eigenvalue weighted by Gasteiger charge is 2.38. The average molecular weight is 405 g/mol. The first kappa shape index (κ1) is 19.9. The topological polar surface area (TPSA) is 93.7 Å². The van der Waals surface area contributed by atoms with Crippen LogP contribution in [0, 0.1) is 28.5 Å². The van der Waals surface area contributed by atoms with Gasteiger partial charge in [-0.1, -0.05) is 30.3 Å². The van der Waals surface area contributed by atoms with E-state index in [9.17, 15) is 14.9 Å². The molecule has 30 heavy (non-hydrogen) atoms. The van der Waals surface area contributed by atoms with E-state index in [1.54, 1.807) is 17.0 Å². The van der Waals surface area contributed by atoms with Crippen LogP contribution < -0.4 is 0 Å². The van der Waals surface area contributed by atoms with Crippen molar-refractivity contribution in [1.82, 2.24) is 14.7 Å². The number of carbonyl (C=O) groups excluding carboxylic acids is 1. The Labute approximate surface area is 175 Å². The van der Waals surface area contributed by atoms with Crippen molar-refractivity contribution < 1.29 is 9.72 Å². The fourth-order valence-corrected chi connectivity index (χ4v) is 4.20. The van der Waals surface area contributed by atoms with Crippen LogP contribution in [0.4, 0.5) is 5.69 Å². The first-order valence-corrected chi connectivity index (χ1v) is 9.98. The molecule has 0 spiro atoms. The van der Waals surface area contributed by atoms with Gasteiger partial charge in [-0.2, -0.15) is 5.26 Å². The summed E-state index contributed by atoms with van der Waals surface area (Å²) in [6.45, 7) is 5.89. The van der Waals surface area contributed by atoms with Gasteiger partial charge in [0.2, 0.25) is 5.91 Å². The number of amides is 1. The van der Waals surface area contributed by atoms with Crippen molar-refractivity contribution in [2.24, 2.45) is 0 Å². The molecule has 2 fully saturated rings. The van der Waals surface area contributed by atoms with Crippen LogP contribution in [0.5, 0.6) is 0 Å². The minimum atomic E-state index is -0.394. The second-order valence-electron chi connectivity index (χ2n) is 7.81. The molecule has 0 bridgehead atoms. The number of rotatable bonds is 4. The zero-order valence-electron chi connectivity index (χ0n) is 16.8. The number of carbonyl (C=O) groups is 1. The molecule has 2 saturated heterocycles. The standard InChI is InChI=1S/C22H23N5O3/c1-16-11-18(17-3-2-4-20(12-17)27(29)30)5-6-19(16)13-26-10-9-25-8-7-24(15-23)14-21(25)22(26)28/h2-6,11-12,21H,7-10,13-14H2,1H3/t21-/m1/s1. The Morgan fingerprint density at radius 1 is 1.13 bits per heavy atom. The molecule has 2 heterocycles. The molecule has 8 heteroatoms. The summed E-state index contributed by atoms with van der Waals surface area (Å²) in [6, 6.07) is 12.3. The van der Waals surface area contributed by atoms with Crippen LogP contribution >= 0.6 is 0 Å².